The van der Waals surface area contributed by atoms with Crippen molar-refractivity contribution in [1.29, 1.82) is 0 Å². The van der Waals surface area contributed by atoms with Gasteiger partial charge in [-0.2, -0.15) is 13.2 Å². The summed E-state index contributed by atoms with van der Waals surface area (Å²) in [5.41, 5.74) is 0.805. The lowest BCUT2D eigenvalue weighted by atomic mass is 9.96. The molecule has 1 aromatic heterocycles. The molecule has 2 atom stereocenters. The number of alkyl halides is 3. The van der Waals surface area contributed by atoms with Crippen LogP contribution in [0.5, 0.6) is 5.75 Å². The average molecular weight is 442 g/mol. The summed E-state index contributed by atoms with van der Waals surface area (Å²) in [5.74, 6) is 0.592. The first-order valence-corrected chi connectivity index (χ1v) is 9.48. The molecule has 4 rings (SSSR count). The van der Waals surface area contributed by atoms with Crippen molar-refractivity contribution in [2.24, 2.45) is 0 Å². The number of hydrogen-bond donors (Lipinski definition) is 1. The molecule has 2 aliphatic heterocycles. The fraction of sp³-hybridized carbons (Fsp3) is 0.429. The minimum absolute atomic E-state index is 0. The topological polar surface area (TPSA) is 54.5 Å². The average Bonchev–Trinajstić information content (AvgIpc) is 3.27. The van der Waals surface area contributed by atoms with Gasteiger partial charge in [0.05, 0.1) is 30.6 Å². The van der Waals surface area contributed by atoms with Crippen LogP contribution in [0.15, 0.2) is 36.5 Å². The number of carbonyl (C=O) groups excluding carboxylic acids is 1. The van der Waals surface area contributed by atoms with Gasteiger partial charge in [-0.25, -0.2) is 0 Å². The van der Waals surface area contributed by atoms with Crippen molar-refractivity contribution >= 4 is 18.3 Å². The van der Waals surface area contributed by atoms with E-state index in [9.17, 15) is 18.0 Å². The van der Waals surface area contributed by atoms with Crippen molar-refractivity contribution in [2.75, 3.05) is 20.7 Å². The molecule has 1 spiro atoms. The molecule has 2 aromatic rings. The van der Waals surface area contributed by atoms with Crippen molar-refractivity contribution in [3.05, 3.63) is 47.8 Å². The van der Waals surface area contributed by atoms with E-state index in [2.05, 4.69) is 10.3 Å². The van der Waals surface area contributed by atoms with Crippen LogP contribution >= 0.6 is 12.4 Å². The Balaban J connectivity index is 0.00000256. The van der Waals surface area contributed by atoms with Crippen LogP contribution in [0.3, 0.4) is 0 Å². The van der Waals surface area contributed by atoms with E-state index in [-0.39, 0.29) is 24.4 Å². The Kier molecular flexibility index (Phi) is 6.02. The number of nitrogens with zero attached hydrogens (tertiary/aromatic N) is 2. The molecule has 30 heavy (non-hydrogen) atoms. The lowest BCUT2D eigenvalue weighted by molar-refractivity contribution is -0.137. The Morgan fingerprint density at radius 2 is 1.93 bits per heavy atom. The summed E-state index contributed by atoms with van der Waals surface area (Å²) in [7, 11) is 3.31. The van der Waals surface area contributed by atoms with Gasteiger partial charge in [-0.05, 0) is 43.0 Å². The van der Waals surface area contributed by atoms with Crippen molar-refractivity contribution in [3.63, 3.8) is 0 Å². The molecule has 1 aromatic carbocycles. The third-order valence-electron chi connectivity index (χ3n) is 5.93. The molecule has 0 unspecified atom stereocenters. The SMILES string of the molecule is COc1cnc([C@H]2CC[C@@]3(CCN(C)C3=O)N2)cc1-c1ccc(C(F)(F)F)cc1.Cl. The Morgan fingerprint density at radius 3 is 2.50 bits per heavy atom. The van der Waals surface area contributed by atoms with Gasteiger partial charge in [-0.3, -0.25) is 15.1 Å². The molecule has 0 saturated carbocycles. The van der Waals surface area contributed by atoms with Gasteiger partial charge in [-0.1, -0.05) is 12.1 Å². The van der Waals surface area contributed by atoms with Gasteiger partial charge in [0, 0.05) is 19.2 Å². The highest BCUT2D eigenvalue weighted by Crippen LogP contribution is 2.40. The maximum atomic E-state index is 12.9. The zero-order valence-electron chi connectivity index (χ0n) is 16.6. The minimum atomic E-state index is -4.38. The molecule has 2 aliphatic rings. The first-order chi connectivity index (χ1) is 13.7. The number of methoxy groups -OCH3 is 1. The zero-order chi connectivity index (χ0) is 20.8. The van der Waals surface area contributed by atoms with E-state index in [1.54, 1.807) is 18.1 Å². The van der Waals surface area contributed by atoms with Gasteiger partial charge in [0.15, 0.2) is 0 Å². The molecule has 2 saturated heterocycles. The van der Waals surface area contributed by atoms with Crippen LogP contribution in [0, 0.1) is 0 Å². The number of benzene rings is 1. The highest BCUT2D eigenvalue weighted by molar-refractivity contribution is 5.88. The van der Waals surface area contributed by atoms with Crippen LogP contribution < -0.4 is 10.1 Å². The number of likely N-dealkylation sites (tertiary alicyclic amines) is 1. The van der Waals surface area contributed by atoms with Gasteiger partial charge < -0.3 is 9.64 Å². The summed E-state index contributed by atoms with van der Waals surface area (Å²) in [5, 5.41) is 3.46. The molecule has 5 nitrogen and oxygen atoms in total. The maximum absolute atomic E-state index is 12.9. The fourth-order valence-electron chi connectivity index (χ4n) is 4.27. The first kappa shape index (κ1) is 22.4. The largest absolute Gasteiger partial charge is 0.494 e. The molecule has 162 valence electrons. The van der Waals surface area contributed by atoms with E-state index in [0.717, 1.165) is 43.6 Å². The Bertz CT molecular complexity index is 936. The second kappa shape index (κ2) is 8.07. The Morgan fingerprint density at radius 1 is 1.23 bits per heavy atom. The summed E-state index contributed by atoms with van der Waals surface area (Å²) in [6.45, 7) is 0.728. The van der Waals surface area contributed by atoms with Crippen molar-refractivity contribution in [1.82, 2.24) is 15.2 Å². The lowest BCUT2D eigenvalue weighted by Gasteiger charge is -2.23. The molecule has 1 amide bonds. The highest BCUT2D eigenvalue weighted by Gasteiger charge is 2.50. The van der Waals surface area contributed by atoms with Crippen molar-refractivity contribution < 1.29 is 22.7 Å². The first-order valence-electron chi connectivity index (χ1n) is 9.48. The standard InChI is InChI=1S/C21H22F3N3O2.ClH/c1-27-10-9-20(19(27)28)8-7-16(26-20)17-11-15(18(29-2)12-25-17)13-3-5-14(6-4-13)21(22,23)24;/h3-6,11-12,16,26H,7-10H2,1-2H3;1H/t16-,20+;/m1./s1. The molecule has 0 radical (unpaired) electrons. The normalized spacial score (nSPS) is 23.7. The number of rotatable bonds is 3. The predicted molar refractivity (Wildman–Crippen MR) is 109 cm³/mol. The molecular weight excluding hydrogens is 419 g/mol. The number of amides is 1. The number of ether oxygens (including phenoxy) is 1. The maximum Gasteiger partial charge on any atom is 0.416 e. The van der Waals surface area contributed by atoms with Crippen LogP contribution in [-0.2, 0) is 11.0 Å². The third kappa shape index (κ3) is 3.86. The second-order valence-electron chi connectivity index (χ2n) is 7.68. The van der Waals surface area contributed by atoms with Crippen LogP contribution in [0.25, 0.3) is 11.1 Å². The van der Waals surface area contributed by atoms with Crippen LogP contribution in [0.2, 0.25) is 0 Å². The van der Waals surface area contributed by atoms with Crippen LogP contribution in [0.1, 0.15) is 36.6 Å². The van der Waals surface area contributed by atoms with E-state index in [1.165, 1.54) is 19.2 Å². The number of pyridine rings is 1. The van der Waals surface area contributed by atoms with Crippen molar-refractivity contribution in [2.45, 2.75) is 37.0 Å². The number of hydrogen-bond acceptors (Lipinski definition) is 4. The lowest BCUT2D eigenvalue weighted by Crippen LogP contribution is -2.47. The quantitative estimate of drug-likeness (QED) is 0.774. The number of aromatic nitrogens is 1. The van der Waals surface area contributed by atoms with Gasteiger partial charge >= 0.3 is 6.18 Å². The fourth-order valence-corrected chi connectivity index (χ4v) is 4.27. The second-order valence-corrected chi connectivity index (χ2v) is 7.68. The van der Waals surface area contributed by atoms with Gasteiger partial charge in [0.1, 0.15) is 11.3 Å². The van der Waals surface area contributed by atoms with E-state index < -0.39 is 17.3 Å². The molecule has 3 heterocycles. The molecule has 0 bridgehead atoms. The minimum Gasteiger partial charge on any atom is -0.494 e. The number of nitrogens with one attached hydrogen (secondary N) is 1. The third-order valence-corrected chi connectivity index (χ3v) is 5.93. The molecule has 0 aliphatic carbocycles. The number of carbonyl (C=O) groups is 1. The van der Waals surface area contributed by atoms with E-state index in [0.29, 0.717) is 16.9 Å². The summed E-state index contributed by atoms with van der Waals surface area (Å²) in [4.78, 5) is 18.8. The summed E-state index contributed by atoms with van der Waals surface area (Å²) in [6.07, 6.45) is -0.525. The van der Waals surface area contributed by atoms with E-state index in [4.69, 9.17) is 4.74 Å². The van der Waals surface area contributed by atoms with E-state index >= 15 is 0 Å². The zero-order valence-corrected chi connectivity index (χ0v) is 17.4. The van der Waals surface area contributed by atoms with E-state index in [1.807, 2.05) is 6.07 Å². The number of halogens is 4. The highest BCUT2D eigenvalue weighted by atomic mass is 35.5. The van der Waals surface area contributed by atoms with Crippen molar-refractivity contribution in [3.8, 4) is 16.9 Å². The van der Waals surface area contributed by atoms with Crippen LogP contribution in [0.4, 0.5) is 13.2 Å². The summed E-state index contributed by atoms with van der Waals surface area (Å²) in [6, 6.07) is 6.73. The summed E-state index contributed by atoms with van der Waals surface area (Å²) >= 11 is 0. The monoisotopic (exact) mass is 441 g/mol. The smallest absolute Gasteiger partial charge is 0.416 e. The number of likely N-dealkylation sites (N-methyl/N-ethyl adjacent to an activating group) is 1. The molecular formula is C21H23ClF3N3O2. The predicted octanol–water partition coefficient (Wildman–Crippen LogP) is 4.22. The summed E-state index contributed by atoms with van der Waals surface area (Å²) < 4.78 is 44.0. The van der Waals surface area contributed by atoms with Gasteiger partial charge in [-0.15, -0.1) is 12.4 Å². The van der Waals surface area contributed by atoms with Gasteiger partial charge in [0.25, 0.3) is 0 Å². The Hall–Kier alpha value is -2.32. The van der Waals surface area contributed by atoms with Crippen LogP contribution in [-0.4, -0.2) is 42.0 Å². The van der Waals surface area contributed by atoms with Gasteiger partial charge in [0.2, 0.25) is 5.91 Å². The Labute approximate surface area is 179 Å². The molecule has 2 fully saturated rings. The molecule has 9 heteroatoms. The molecule has 1 N–H and O–H groups in total.